The minimum atomic E-state index is 0.506. The molecule has 100 valence electrons. The average Bonchev–Trinajstić information content (AvgIpc) is 2.40. The van der Waals surface area contributed by atoms with Crippen molar-refractivity contribution in [2.75, 3.05) is 19.7 Å². The number of unbranched alkanes of at least 4 members (excludes halogenated alkanes) is 1. The number of rotatable bonds is 8. The molecule has 0 atom stereocenters. The number of ether oxygens (including phenoxy) is 1. The molecule has 4 heteroatoms. The van der Waals surface area contributed by atoms with E-state index in [1.165, 1.54) is 5.56 Å². The molecule has 0 heterocycles. The third-order valence-corrected chi connectivity index (χ3v) is 2.46. The lowest BCUT2D eigenvalue weighted by molar-refractivity contribution is 0.125. The Hall–Kier alpha value is -1.55. The van der Waals surface area contributed by atoms with Crippen LogP contribution in [0.2, 0.25) is 0 Å². The summed E-state index contributed by atoms with van der Waals surface area (Å²) in [5, 5.41) is 3.03. The Balaban J connectivity index is 2.03. The monoisotopic (exact) mass is 249 g/mol. The van der Waals surface area contributed by atoms with E-state index in [4.69, 9.17) is 10.5 Å². The zero-order valence-electron chi connectivity index (χ0n) is 11.1. The molecule has 0 aliphatic rings. The summed E-state index contributed by atoms with van der Waals surface area (Å²) in [5.74, 6) is 0.506. The molecule has 1 aromatic rings. The minimum absolute atomic E-state index is 0.506. The summed E-state index contributed by atoms with van der Waals surface area (Å²) in [5.41, 5.74) is 6.87. The van der Waals surface area contributed by atoms with Gasteiger partial charge < -0.3 is 15.8 Å². The molecule has 1 aromatic carbocycles. The van der Waals surface area contributed by atoms with Gasteiger partial charge in [0.1, 0.15) is 0 Å². The molecule has 0 aliphatic heterocycles. The van der Waals surface area contributed by atoms with Gasteiger partial charge in [-0.3, -0.25) is 4.99 Å². The molecule has 0 bridgehead atoms. The first-order valence-electron chi connectivity index (χ1n) is 6.48. The van der Waals surface area contributed by atoms with Gasteiger partial charge in [-0.25, -0.2) is 0 Å². The van der Waals surface area contributed by atoms with E-state index in [1.807, 2.05) is 30.3 Å². The summed E-state index contributed by atoms with van der Waals surface area (Å²) in [7, 11) is 0. The summed E-state index contributed by atoms with van der Waals surface area (Å²) in [6, 6.07) is 10.1. The normalized spacial score (nSPS) is 11.5. The zero-order chi connectivity index (χ0) is 13.1. The van der Waals surface area contributed by atoms with Gasteiger partial charge >= 0.3 is 0 Å². The van der Waals surface area contributed by atoms with Crippen molar-refractivity contribution in [3.63, 3.8) is 0 Å². The number of hydrogen-bond acceptors (Lipinski definition) is 2. The predicted molar refractivity (Wildman–Crippen MR) is 75.5 cm³/mol. The van der Waals surface area contributed by atoms with E-state index in [1.54, 1.807) is 0 Å². The molecular formula is C14H23N3O. The summed E-state index contributed by atoms with van der Waals surface area (Å²) in [6.45, 7) is 4.87. The Morgan fingerprint density at radius 3 is 2.83 bits per heavy atom. The van der Waals surface area contributed by atoms with Crippen molar-refractivity contribution in [1.82, 2.24) is 5.32 Å². The Kier molecular flexibility index (Phi) is 7.64. The van der Waals surface area contributed by atoms with Gasteiger partial charge in [-0.15, -0.1) is 0 Å². The lowest BCUT2D eigenvalue weighted by Gasteiger charge is -2.06. The van der Waals surface area contributed by atoms with Crippen LogP contribution in [-0.4, -0.2) is 25.7 Å². The Bertz CT molecular complexity index is 338. The van der Waals surface area contributed by atoms with Gasteiger partial charge in [-0.05, 0) is 12.0 Å². The first-order chi connectivity index (χ1) is 8.83. The highest BCUT2D eigenvalue weighted by Gasteiger charge is 1.93. The molecule has 0 saturated carbocycles. The van der Waals surface area contributed by atoms with E-state index in [2.05, 4.69) is 17.2 Å². The lowest BCUT2D eigenvalue weighted by atomic mass is 10.2. The molecular weight excluding hydrogens is 226 g/mol. The third-order valence-electron chi connectivity index (χ3n) is 2.46. The molecule has 0 unspecified atom stereocenters. The van der Waals surface area contributed by atoms with Crippen molar-refractivity contribution >= 4 is 5.96 Å². The fourth-order valence-electron chi connectivity index (χ4n) is 1.43. The number of nitrogens with two attached hydrogens (primary N) is 1. The number of benzene rings is 1. The van der Waals surface area contributed by atoms with Crippen LogP contribution in [0.4, 0.5) is 0 Å². The number of nitrogens with one attached hydrogen (secondary N) is 1. The quantitative estimate of drug-likeness (QED) is 0.420. The molecule has 0 fully saturated rings. The van der Waals surface area contributed by atoms with Crippen LogP contribution >= 0.6 is 0 Å². The van der Waals surface area contributed by atoms with Crippen LogP contribution in [0.1, 0.15) is 25.3 Å². The topological polar surface area (TPSA) is 59.6 Å². The minimum Gasteiger partial charge on any atom is -0.375 e. The highest BCUT2D eigenvalue weighted by molar-refractivity contribution is 5.77. The van der Waals surface area contributed by atoms with Crippen LogP contribution in [-0.2, 0) is 11.3 Å². The number of nitrogens with zero attached hydrogens (tertiary/aromatic N) is 1. The molecule has 0 amide bonds. The highest BCUT2D eigenvalue weighted by atomic mass is 16.5. The van der Waals surface area contributed by atoms with Gasteiger partial charge in [0.25, 0.3) is 0 Å². The van der Waals surface area contributed by atoms with Crippen LogP contribution < -0.4 is 11.1 Å². The van der Waals surface area contributed by atoms with Crippen molar-refractivity contribution in [3.05, 3.63) is 35.9 Å². The largest absolute Gasteiger partial charge is 0.375 e. The fourth-order valence-corrected chi connectivity index (χ4v) is 1.43. The standard InChI is InChI=1S/C14H23N3O/c1-2-3-9-16-14(15)17-10-11-18-12-13-7-5-4-6-8-13/h4-8H,2-3,9-12H2,1H3,(H3,15,16,17). The first-order valence-corrected chi connectivity index (χ1v) is 6.48. The third kappa shape index (κ3) is 6.91. The molecule has 0 aliphatic carbocycles. The van der Waals surface area contributed by atoms with E-state index < -0.39 is 0 Å². The number of aliphatic imine (C=N–C) groups is 1. The molecule has 0 saturated heterocycles. The fraction of sp³-hybridized carbons (Fsp3) is 0.500. The summed E-state index contributed by atoms with van der Waals surface area (Å²) in [4.78, 5) is 4.20. The van der Waals surface area contributed by atoms with Crippen molar-refractivity contribution < 1.29 is 4.74 Å². The van der Waals surface area contributed by atoms with Gasteiger partial charge in [0.15, 0.2) is 5.96 Å². The van der Waals surface area contributed by atoms with Gasteiger partial charge in [-0.2, -0.15) is 0 Å². The maximum atomic E-state index is 5.69. The van der Waals surface area contributed by atoms with E-state index in [0.717, 1.165) is 19.4 Å². The molecule has 18 heavy (non-hydrogen) atoms. The van der Waals surface area contributed by atoms with Crippen LogP contribution in [0.15, 0.2) is 35.3 Å². The van der Waals surface area contributed by atoms with Crippen molar-refractivity contribution in [2.45, 2.75) is 26.4 Å². The molecule has 0 aromatic heterocycles. The molecule has 3 N–H and O–H groups in total. The van der Waals surface area contributed by atoms with E-state index in [-0.39, 0.29) is 0 Å². The van der Waals surface area contributed by atoms with E-state index in [0.29, 0.717) is 25.7 Å². The zero-order valence-corrected chi connectivity index (χ0v) is 11.1. The average molecular weight is 249 g/mol. The summed E-state index contributed by atoms with van der Waals surface area (Å²) in [6.07, 6.45) is 2.21. The van der Waals surface area contributed by atoms with Gasteiger partial charge in [0, 0.05) is 13.1 Å². The number of guanidine groups is 1. The lowest BCUT2D eigenvalue weighted by Crippen LogP contribution is -2.34. The second-order valence-electron chi connectivity index (χ2n) is 4.09. The van der Waals surface area contributed by atoms with Gasteiger partial charge in [0.2, 0.25) is 0 Å². The maximum absolute atomic E-state index is 5.69. The smallest absolute Gasteiger partial charge is 0.188 e. The molecule has 4 nitrogen and oxygen atoms in total. The summed E-state index contributed by atoms with van der Waals surface area (Å²) >= 11 is 0. The van der Waals surface area contributed by atoms with Crippen molar-refractivity contribution in [3.8, 4) is 0 Å². The highest BCUT2D eigenvalue weighted by Crippen LogP contribution is 1.99. The number of hydrogen-bond donors (Lipinski definition) is 2. The Morgan fingerprint density at radius 1 is 1.33 bits per heavy atom. The molecule has 0 spiro atoms. The second-order valence-corrected chi connectivity index (χ2v) is 4.09. The predicted octanol–water partition coefficient (Wildman–Crippen LogP) is 1.91. The van der Waals surface area contributed by atoms with Crippen molar-refractivity contribution in [2.24, 2.45) is 10.7 Å². The maximum Gasteiger partial charge on any atom is 0.188 e. The van der Waals surface area contributed by atoms with E-state index in [9.17, 15) is 0 Å². The van der Waals surface area contributed by atoms with Gasteiger partial charge in [-0.1, -0.05) is 43.7 Å². The Morgan fingerprint density at radius 2 is 2.11 bits per heavy atom. The molecule has 0 radical (unpaired) electrons. The SMILES string of the molecule is CCCCN=C(N)NCCOCc1ccccc1. The second kappa shape index (κ2) is 9.48. The molecule has 1 rings (SSSR count). The Labute approximate surface area is 109 Å². The van der Waals surface area contributed by atoms with Gasteiger partial charge in [0.05, 0.1) is 13.2 Å². The van der Waals surface area contributed by atoms with Crippen LogP contribution in [0.25, 0.3) is 0 Å². The first kappa shape index (κ1) is 14.5. The van der Waals surface area contributed by atoms with Crippen LogP contribution in [0.3, 0.4) is 0 Å². The van der Waals surface area contributed by atoms with E-state index >= 15 is 0 Å². The van der Waals surface area contributed by atoms with Crippen molar-refractivity contribution in [1.29, 1.82) is 0 Å². The van der Waals surface area contributed by atoms with Crippen LogP contribution in [0, 0.1) is 0 Å². The van der Waals surface area contributed by atoms with Crippen LogP contribution in [0.5, 0.6) is 0 Å². The summed E-state index contributed by atoms with van der Waals surface area (Å²) < 4.78 is 5.52.